The summed E-state index contributed by atoms with van der Waals surface area (Å²) < 4.78 is 65.4. The minimum absolute atomic E-state index is 0.0844. The predicted molar refractivity (Wildman–Crippen MR) is 127 cm³/mol. The number of fused-ring (bicyclic) bond motifs is 1. The van der Waals surface area contributed by atoms with E-state index in [2.05, 4.69) is 24.5 Å². The molecule has 3 rings (SSSR count). The van der Waals surface area contributed by atoms with Crippen molar-refractivity contribution < 1.29 is 36.5 Å². The number of halogens is 4. The number of benzene rings is 1. The van der Waals surface area contributed by atoms with Crippen molar-refractivity contribution in [3.63, 3.8) is 0 Å². The molecule has 1 aliphatic heterocycles. The van der Waals surface area contributed by atoms with E-state index in [4.69, 9.17) is 9.31 Å². The lowest BCUT2D eigenvalue weighted by Crippen LogP contribution is -2.51. The molecular formula is C25H35BF4N2O4. The molecule has 2 N–H and O–H groups in total. The van der Waals surface area contributed by atoms with Gasteiger partial charge in [0.15, 0.2) is 0 Å². The summed E-state index contributed by atoms with van der Waals surface area (Å²) in [6.07, 6.45) is -1.47. The Morgan fingerprint density at radius 2 is 1.92 bits per heavy atom. The highest BCUT2D eigenvalue weighted by Gasteiger charge is 2.54. The number of hydrogen-bond acceptors (Lipinski definition) is 4. The molecule has 1 aliphatic carbocycles. The fourth-order valence-corrected chi connectivity index (χ4v) is 4.98. The molecule has 11 heteroatoms. The van der Waals surface area contributed by atoms with E-state index in [0.29, 0.717) is 36.5 Å². The normalized spacial score (nSPS) is 25.1. The molecule has 36 heavy (non-hydrogen) atoms. The van der Waals surface area contributed by atoms with E-state index in [1.54, 1.807) is 0 Å². The molecule has 1 aromatic rings. The Labute approximate surface area is 210 Å². The molecule has 0 bridgehead atoms. The third kappa shape index (κ3) is 6.79. The second-order valence-electron chi connectivity index (χ2n) is 10.9. The number of hydrogen-bond donors (Lipinski definition) is 2. The van der Waals surface area contributed by atoms with Gasteiger partial charge < -0.3 is 19.9 Å². The van der Waals surface area contributed by atoms with Crippen LogP contribution < -0.4 is 10.6 Å². The molecular weight excluding hydrogens is 479 g/mol. The molecule has 6 nitrogen and oxygen atoms in total. The fourth-order valence-electron chi connectivity index (χ4n) is 4.98. The van der Waals surface area contributed by atoms with Crippen LogP contribution in [-0.2, 0) is 20.3 Å². The number of carbonyl (C=O) groups is 2. The Balaban J connectivity index is 1.63. The number of carbonyl (C=O) groups excluding carboxylic acids is 2. The van der Waals surface area contributed by atoms with Crippen LogP contribution in [0.5, 0.6) is 0 Å². The largest absolute Gasteiger partial charge is 0.481 e. The van der Waals surface area contributed by atoms with Gasteiger partial charge in [-0.05, 0) is 68.6 Å². The number of nitrogens with one attached hydrogen (secondary N) is 2. The molecule has 1 saturated carbocycles. The maximum Gasteiger partial charge on any atom is 0.481 e. The Kier molecular flexibility index (Phi) is 8.76. The maximum atomic E-state index is 14.0. The Morgan fingerprint density at radius 1 is 1.22 bits per heavy atom. The van der Waals surface area contributed by atoms with Crippen molar-refractivity contribution in [1.82, 2.24) is 10.6 Å². The van der Waals surface area contributed by atoms with Crippen LogP contribution in [0.3, 0.4) is 0 Å². The van der Waals surface area contributed by atoms with Crippen LogP contribution in [0.2, 0.25) is 0 Å². The van der Waals surface area contributed by atoms with Gasteiger partial charge in [-0.2, -0.15) is 13.2 Å². The van der Waals surface area contributed by atoms with Gasteiger partial charge in [0, 0.05) is 0 Å². The lowest BCUT2D eigenvalue weighted by Gasteiger charge is -2.39. The van der Waals surface area contributed by atoms with Crippen LogP contribution in [0.4, 0.5) is 17.6 Å². The molecule has 1 aromatic carbocycles. The molecule has 1 heterocycles. The van der Waals surface area contributed by atoms with Crippen molar-refractivity contribution in [1.29, 1.82) is 0 Å². The van der Waals surface area contributed by atoms with Gasteiger partial charge in [0.05, 0.1) is 35.3 Å². The smallest absolute Gasteiger partial charge is 0.404 e. The quantitative estimate of drug-likeness (QED) is 0.388. The molecule has 200 valence electrons. The first kappa shape index (κ1) is 28.4. The van der Waals surface area contributed by atoms with Crippen LogP contribution in [0, 0.1) is 23.6 Å². The van der Waals surface area contributed by atoms with E-state index in [9.17, 15) is 27.2 Å². The third-order valence-electron chi connectivity index (χ3n) is 7.18. The van der Waals surface area contributed by atoms with Crippen LogP contribution >= 0.6 is 0 Å². The lowest BCUT2D eigenvalue weighted by atomic mass is 9.73. The second-order valence-corrected chi connectivity index (χ2v) is 10.9. The molecule has 1 saturated heterocycles. The summed E-state index contributed by atoms with van der Waals surface area (Å²) in [7, 11) is -0.658. The first-order valence-corrected chi connectivity index (χ1v) is 12.5. The zero-order valence-electron chi connectivity index (χ0n) is 21.4. The van der Waals surface area contributed by atoms with Gasteiger partial charge in [0.25, 0.3) is 5.91 Å². The Morgan fingerprint density at radius 3 is 2.53 bits per heavy atom. The Bertz CT molecular complexity index is 958. The topological polar surface area (TPSA) is 76.7 Å². The molecule has 0 radical (unpaired) electrons. The fraction of sp³-hybridized carbons (Fsp3) is 0.680. The molecule has 0 spiro atoms. The zero-order chi connectivity index (χ0) is 26.8. The summed E-state index contributed by atoms with van der Waals surface area (Å²) in [4.78, 5) is 25.0. The van der Waals surface area contributed by atoms with Crippen LogP contribution in [0.25, 0.3) is 0 Å². The highest BCUT2D eigenvalue weighted by atomic mass is 19.4. The first-order chi connectivity index (χ1) is 16.7. The zero-order valence-corrected chi connectivity index (χ0v) is 21.4. The summed E-state index contributed by atoms with van der Waals surface area (Å²) in [5.74, 6) is -2.00. The molecule has 2 amide bonds. The van der Waals surface area contributed by atoms with E-state index >= 15 is 0 Å². The number of alkyl halides is 3. The van der Waals surface area contributed by atoms with Crippen LogP contribution in [0.1, 0.15) is 76.2 Å². The van der Waals surface area contributed by atoms with E-state index in [1.807, 2.05) is 20.8 Å². The highest BCUT2D eigenvalue weighted by Crippen LogP contribution is 2.44. The minimum atomic E-state index is -4.73. The van der Waals surface area contributed by atoms with E-state index in [1.165, 1.54) is 0 Å². The Hall–Kier alpha value is -2.14. The van der Waals surface area contributed by atoms with Gasteiger partial charge in [-0.25, -0.2) is 4.39 Å². The number of amides is 2. The van der Waals surface area contributed by atoms with Crippen molar-refractivity contribution in [2.24, 2.45) is 17.8 Å². The van der Waals surface area contributed by atoms with Crippen molar-refractivity contribution in [2.75, 3.05) is 6.54 Å². The van der Waals surface area contributed by atoms with Crippen molar-refractivity contribution in [3.05, 3.63) is 35.1 Å². The van der Waals surface area contributed by atoms with E-state index < -0.39 is 60.1 Å². The third-order valence-corrected chi connectivity index (χ3v) is 7.18. The summed E-state index contributed by atoms with van der Waals surface area (Å²) in [5, 5.41) is 5.03. The summed E-state index contributed by atoms with van der Waals surface area (Å²) in [5.41, 5.74) is -2.37. The molecule has 0 unspecified atom stereocenters. The predicted octanol–water partition coefficient (Wildman–Crippen LogP) is 4.76. The highest BCUT2D eigenvalue weighted by molar-refractivity contribution is 6.47. The average Bonchev–Trinajstić information content (AvgIpc) is 3.12. The standard InChI is InChI=1S/C25H35BF4N2O4/c1-14(2)10-21(26-35-20-11-16(15(3)4)8-9-24(20,5)36-26)32-22(33)13-31-23(34)18-12-17(25(28,29)30)6-7-19(18)27/h6-7,12,14-16,20-21H,8-11,13H2,1-5H3,(H,31,34)(H,32,33)/t16-,20+,21-,24-/m0/s1. The summed E-state index contributed by atoms with van der Waals surface area (Å²) in [6.45, 7) is 9.88. The molecule has 2 fully saturated rings. The van der Waals surface area contributed by atoms with Gasteiger partial charge >= 0.3 is 13.3 Å². The average molecular weight is 514 g/mol. The van der Waals surface area contributed by atoms with Gasteiger partial charge in [-0.1, -0.05) is 27.7 Å². The van der Waals surface area contributed by atoms with Crippen LogP contribution in [0.15, 0.2) is 18.2 Å². The van der Waals surface area contributed by atoms with Crippen LogP contribution in [-0.4, -0.2) is 43.1 Å². The van der Waals surface area contributed by atoms with Gasteiger partial charge in [0.1, 0.15) is 5.82 Å². The summed E-state index contributed by atoms with van der Waals surface area (Å²) in [6, 6.07) is 1.56. The SMILES string of the molecule is CC(C)C[C@H](NC(=O)CNC(=O)c1cc(C(F)(F)F)ccc1F)B1O[C@@H]2C[C@@H](C(C)C)CC[C@]2(C)O1. The first-order valence-electron chi connectivity index (χ1n) is 12.5. The van der Waals surface area contributed by atoms with Gasteiger partial charge in [-0.3, -0.25) is 9.59 Å². The van der Waals surface area contributed by atoms with Crippen molar-refractivity contribution >= 4 is 18.9 Å². The lowest BCUT2D eigenvalue weighted by molar-refractivity contribution is -0.137. The molecule has 2 aliphatic rings. The van der Waals surface area contributed by atoms with Gasteiger partial charge in [0.2, 0.25) is 5.91 Å². The van der Waals surface area contributed by atoms with E-state index in [-0.39, 0.29) is 12.0 Å². The summed E-state index contributed by atoms with van der Waals surface area (Å²) >= 11 is 0. The van der Waals surface area contributed by atoms with E-state index in [0.717, 1.165) is 19.3 Å². The van der Waals surface area contributed by atoms with Gasteiger partial charge in [-0.15, -0.1) is 0 Å². The van der Waals surface area contributed by atoms with Crippen molar-refractivity contribution in [3.8, 4) is 0 Å². The van der Waals surface area contributed by atoms with Crippen molar-refractivity contribution in [2.45, 2.75) is 84.1 Å². The maximum absolute atomic E-state index is 14.0. The molecule has 4 atom stereocenters. The molecule has 0 aromatic heterocycles. The monoisotopic (exact) mass is 514 g/mol. The minimum Gasteiger partial charge on any atom is -0.404 e. The number of rotatable bonds is 8. The second kappa shape index (κ2) is 11.1.